The molecule has 9 nitrogen and oxygen atoms in total. The average Bonchev–Trinajstić information content (AvgIpc) is 2.78. The van der Waals surface area contributed by atoms with Crippen LogP contribution < -0.4 is 26.7 Å². The SMILES string of the molecule is COc1cc(OC)nc(C(Sc2ccc(N=C(N)N=C(N)N)cc2)c2ccccc2)n1. The highest BCUT2D eigenvalue weighted by Crippen LogP contribution is 2.40. The van der Waals surface area contributed by atoms with Crippen molar-refractivity contribution in [3.8, 4) is 11.8 Å². The van der Waals surface area contributed by atoms with Gasteiger partial charge < -0.3 is 26.7 Å². The Hall–Kier alpha value is -3.79. The summed E-state index contributed by atoms with van der Waals surface area (Å²) in [6, 6.07) is 19.1. The molecule has 0 aliphatic heterocycles. The van der Waals surface area contributed by atoms with Gasteiger partial charge in [-0.3, -0.25) is 0 Å². The molecule has 0 saturated carbocycles. The van der Waals surface area contributed by atoms with E-state index < -0.39 is 0 Å². The zero-order valence-electron chi connectivity index (χ0n) is 17.1. The number of aliphatic imine (C=N–C) groups is 2. The Labute approximate surface area is 184 Å². The third kappa shape index (κ3) is 6.09. The molecule has 3 rings (SSSR count). The van der Waals surface area contributed by atoms with Gasteiger partial charge in [0.1, 0.15) is 0 Å². The van der Waals surface area contributed by atoms with Crippen LogP contribution in [-0.2, 0) is 0 Å². The number of thioether (sulfide) groups is 1. The first-order chi connectivity index (χ1) is 15.0. The highest BCUT2D eigenvalue weighted by Gasteiger charge is 2.21. The van der Waals surface area contributed by atoms with Crippen molar-refractivity contribution < 1.29 is 9.47 Å². The van der Waals surface area contributed by atoms with Crippen LogP contribution in [0, 0.1) is 0 Å². The van der Waals surface area contributed by atoms with Gasteiger partial charge in [0.25, 0.3) is 0 Å². The van der Waals surface area contributed by atoms with Crippen molar-refractivity contribution in [1.82, 2.24) is 9.97 Å². The standard InChI is InChI=1S/C21H23N7O2S/c1-29-16-12-17(30-2)27-19(26-16)18(13-6-4-3-5-7-13)31-15-10-8-14(9-11-15)25-21(24)28-20(22)23/h3-12,18H,1-2H3,(H6,22,23,24,25,28). The van der Waals surface area contributed by atoms with Gasteiger partial charge in [-0.25, -0.2) is 4.99 Å². The molecule has 1 heterocycles. The summed E-state index contributed by atoms with van der Waals surface area (Å²) < 4.78 is 10.6. The van der Waals surface area contributed by atoms with E-state index in [1.54, 1.807) is 32.0 Å². The van der Waals surface area contributed by atoms with Gasteiger partial charge in [0, 0.05) is 4.90 Å². The average molecular weight is 438 g/mol. The van der Waals surface area contributed by atoms with Crippen molar-refractivity contribution in [1.29, 1.82) is 0 Å². The molecule has 3 aromatic rings. The number of hydrogen-bond acceptors (Lipinski definition) is 6. The van der Waals surface area contributed by atoms with Crippen LogP contribution in [-0.4, -0.2) is 36.1 Å². The lowest BCUT2D eigenvalue weighted by atomic mass is 10.1. The number of rotatable bonds is 7. The fourth-order valence-corrected chi connectivity index (χ4v) is 3.74. The maximum Gasteiger partial charge on any atom is 0.223 e. The van der Waals surface area contributed by atoms with Crippen LogP contribution in [0.3, 0.4) is 0 Å². The van der Waals surface area contributed by atoms with Crippen LogP contribution in [0.15, 0.2) is 75.5 Å². The van der Waals surface area contributed by atoms with Gasteiger partial charge >= 0.3 is 0 Å². The van der Waals surface area contributed by atoms with Gasteiger partial charge in [0.05, 0.1) is 31.2 Å². The molecule has 1 aromatic heterocycles. The first kappa shape index (κ1) is 21.9. The summed E-state index contributed by atoms with van der Waals surface area (Å²) in [4.78, 5) is 17.9. The normalized spacial score (nSPS) is 12.1. The molecule has 31 heavy (non-hydrogen) atoms. The second kappa shape index (κ2) is 10.3. The molecule has 0 aliphatic carbocycles. The molecule has 0 fully saturated rings. The highest BCUT2D eigenvalue weighted by atomic mass is 32.2. The third-order valence-corrected chi connectivity index (χ3v) is 5.29. The van der Waals surface area contributed by atoms with E-state index in [9.17, 15) is 0 Å². The predicted molar refractivity (Wildman–Crippen MR) is 123 cm³/mol. The molecule has 0 radical (unpaired) electrons. The minimum absolute atomic E-state index is 0.0144. The molecule has 0 spiro atoms. The van der Waals surface area contributed by atoms with E-state index in [0.717, 1.165) is 10.5 Å². The highest BCUT2D eigenvalue weighted by molar-refractivity contribution is 7.99. The molecular formula is C21H23N7O2S. The molecule has 0 amide bonds. The minimum atomic E-state index is -0.189. The summed E-state index contributed by atoms with van der Waals surface area (Å²) in [6.45, 7) is 0. The molecule has 1 unspecified atom stereocenters. The summed E-state index contributed by atoms with van der Waals surface area (Å²) in [5, 5.41) is -0.189. The smallest absolute Gasteiger partial charge is 0.223 e. The lowest BCUT2D eigenvalue weighted by Gasteiger charge is -2.17. The molecule has 10 heteroatoms. The number of benzene rings is 2. The Balaban J connectivity index is 1.93. The van der Waals surface area contributed by atoms with E-state index in [4.69, 9.17) is 26.7 Å². The summed E-state index contributed by atoms with van der Waals surface area (Å²) in [5.41, 5.74) is 18.0. The number of guanidine groups is 2. The molecule has 1 atom stereocenters. The first-order valence-electron chi connectivity index (χ1n) is 9.21. The van der Waals surface area contributed by atoms with E-state index in [2.05, 4.69) is 20.0 Å². The zero-order valence-corrected chi connectivity index (χ0v) is 17.9. The molecule has 6 N–H and O–H groups in total. The summed E-state index contributed by atoms with van der Waals surface area (Å²) >= 11 is 1.59. The van der Waals surface area contributed by atoms with Gasteiger partial charge in [0.15, 0.2) is 11.8 Å². The van der Waals surface area contributed by atoms with Crippen LogP contribution >= 0.6 is 11.8 Å². The molecule has 0 bridgehead atoms. The van der Waals surface area contributed by atoms with E-state index >= 15 is 0 Å². The van der Waals surface area contributed by atoms with Crippen LogP contribution in [0.4, 0.5) is 5.69 Å². The van der Waals surface area contributed by atoms with Crippen molar-refractivity contribution in [2.24, 2.45) is 27.2 Å². The number of aromatic nitrogens is 2. The van der Waals surface area contributed by atoms with Crippen molar-refractivity contribution in [3.05, 3.63) is 72.1 Å². The van der Waals surface area contributed by atoms with Crippen LogP contribution in [0.25, 0.3) is 0 Å². The summed E-state index contributed by atoms with van der Waals surface area (Å²) in [7, 11) is 3.12. The summed E-state index contributed by atoms with van der Waals surface area (Å²) in [5.74, 6) is 1.28. The number of ether oxygens (including phenoxy) is 2. The fraction of sp³-hybridized carbons (Fsp3) is 0.143. The fourth-order valence-electron chi connectivity index (χ4n) is 2.67. The van der Waals surface area contributed by atoms with Crippen molar-refractivity contribution in [3.63, 3.8) is 0 Å². The quantitative estimate of drug-likeness (QED) is 0.290. The predicted octanol–water partition coefficient (Wildman–Crippen LogP) is 2.60. The number of hydrogen-bond donors (Lipinski definition) is 3. The summed E-state index contributed by atoms with van der Waals surface area (Å²) in [6.07, 6.45) is 0. The molecular weight excluding hydrogens is 414 g/mol. The van der Waals surface area contributed by atoms with E-state index in [0.29, 0.717) is 23.3 Å². The molecule has 160 valence electrons. The third-order valence-electron chi connectivity index (χ3n) is 4.03. The zero-order chi connectivity index (χ0) is 22.2. The van der Waals surface area contributed by atoms with Crippen LogP contribution in [0.1, 0.15) is 16.6 Å². The van der Waals surface area contributed by atoms with Crippen LogP contribution in [0.2, 0.25) is 0 Å². The van der Waals surface area contributed by atoms with Gasteiger partial charge in [0.2, 0.25) is 17.7 Å². The Morgan fingerprint density at radius 3 is 2.06 bits per heavy atom. The molecule has 0 saturated heterocycles. The van der Waals surface area contributed by atoms with Gasteiger partial charge in [-0.05, 0) is 29.8 Å². The second-order valence-electron chi connectivity index (χ2n) is 6.22. The minimum Gasteiger partial charge on any atom is -0.481 e. The number of nitrogens with zero attached hydrogens (tertiary/aromatic N) is 4. The molecule has 2 aromatic carbocycles. The van der Waals surface area contributed by atoms with Gasteiger partial charge in [-0.1, -0.05) is 30.3 Å². The lowest BCUT2D eigenvalue weighted by molar-refractivity contribution is 0.368. The number of methoxy groups -OCH3 is 2. The maximum atomic E-state index is 5.69. The number of nitrogens with two attached hydrogens (primary N) is 3. The van der Waals surface area contributed by atoms with E-state index in [1.165, 1.54) is 0 Å². The first-order valence-corrected chi connectivity index (χ1v) is 10.1. The van der Waals surface area contributed by atoms with E-state index in [-0.39, 0.29) is 17.2 Å². The van der Waals surface area contributed by atoms with Crippen molar-refractivity contribution in [2.75, 3.05) is 14.2 Å². The lowest BCUT2D eigenvalue weighted by Crippen LogP contribution is -2.26. The Kier molecular flexibility index (Phi) is 7.28. The van der Waals surface area contributed by atoms with Gasteiger partial charge in [-0.2, -0.15) is 15.0 Å². The van der Waals surface area contributed by atoms with Gasteiger partial charge in [-0.15, -0.1) is 11.8 Å². The Bertz CT molecular complexity index is 1050. The van der Waals surface area contributed by atoms with Crippen molar-refractivity contribution >= 4 is 29.4 Å². The Morgan fingerprint density at radius 2 is 1.52 bits per heavy atom. The van der Waals surface area contributed by atoms with Crippen LogP contribution in [0.5, 0.6) is 11.8 Å². The largest absolute Gasteiger partial charge is 0.481 e. The van der Waals surface area contributed by atoms with E-state index in [1.807, 2.05) is 54.6 Å². The maximum absolute atomic E-state index is 5.69. The molecule has 0 aliphatic rings. The monoisotopic (exact) mass is 437 g/mol. The Morgan fingerprint density at radius 1 is 0.903 bits per heavy atom. The second-order valence-corrected chi connectivity index (χ2v) is 7.40. The topological polar surface area (TPSA) is 147 Å². The van der Waals surface area contributed by atoms with Crippen molar-refractivity contribution in [2.45, 2.75) is 10.1 Å².